The van der Waals surface area contributed by atoms with Crippen molar-refractivity contribution in [2.75, 3.05) is 22.9 Å². The van der Waals surface area contributed by atoms with Crippen molar-refractivity contribution in [2.24, 2.45) is 0 Å². The van der Waals surface area contributed by atoms with Gasteiger partial charge in [0.25, 0.3) is 5.91 Å². The molecule has 4 rings (SSSR count). The van der Waals surface area contributed by atoms with Gasteiger partial charge in [-0.3, -0.25) is 10.0 Å². The third-order valence-corrected chi connectivity index (χ3v) is 4.60. The molecule has 7 heteroatoms. The normalized spacial score (nSPS) is 22.0. The fourth-order valence-corrected chi connectivity index (χ4v) is 3.24. The van der Waals surface area contributed by atoms with Crippen molar-refractivity contribution in [2.45, 2.75) is 19.0 Å². The minimum Gasteiger partial charge on any atom is -0.362 e. The van der Waals surface area contributed by atoms with Gasteiger partial charge in [0.1, 0.15) is 0 Å². The number of benzene rings is 1. The van der Waals surface area contributed by atoms with E-state index in [0.717, 1.165) is 13.1 Å². The first-order valence-electron chi connectivity index (χ1n) is 7.54. The highest BCUT2D eigenvalue weighted by atomic mass is 16.5. The van der Waals surface area contributed by atoms with Gasteiger partial charge in [-0.15, -0.1) is 0 Å². The average Bonchev–Trinajstić information content (AvgIpc) is 2.56. The molecule has 3 heterocycles. The standard InChI is InChI=1S/C16H17N5O2/c1-10-3-2-4-12(5-10)20-8-14-13(20)9-21(14)16-17-6-11(7-18-16)15(22)19-23/h2-7,13-14,23H,8-9H2,1H3,(H,19,22)/t13-,14?/m0/s1. The summed E-state index contributed by atoms with van der Waals surface area (Å²) in [5, 5.41) is 8.60. The molecule has 0 saturated carbocycles. The summed E-state index contributed by atoms with van der Waals surface area (Å²) in [5.41, 5.74) is 4.35. The third-order valence-electron chi connectivity index (χ3n) is 4.60. The zero-order valence-electron chi connectivity index (χ0n) is 12.7. The van der Waals surface area contributed by atoms with Gasteiger partial charge in [-0.05, 0) is 24.6 Å². The van der Waals surface area contributed by atoms with Crippen molar-refractivity contribution in [3.63, 3.8) is 0 Å². The Morgan fingerprint density at radius 2 is 1.91 bits per heavy atom. The molecule has 1 unspecified atom stereocenters. The van der Waals surface area contributed by atoms with Crippen LogP contribution in [0.5, 0.6) is 0 Å². The Hall–Kier alpha value is -2.67. The van der Waals surface area contributed by atoms with E-state index in [4.69, 9.17) is 5.21 Å². The Kier molecular flexibility index (Phi) is 3.16. The number of hydrogen-bond acceptors (Lipinski definition) is 6. The molecule has 2 aliphatic heterocycles. The van der Waals surface area contributed by atoms with Gasteiger partial charge >= 0.3 is 0 Å². The molecule has 2 aliphatic rings. The van der Waals surface area contributed by atoms with Crippen molar-refractivity contribution < 1.29 is 10.0 Å². The number of fused-ring (bicyclic) bond motifs is 1. The largest absolute Gasteiger partial charge is 0.362 e. The second kappa shape index (κ2) is 5.20. The molecule has 2 fully saturated rings. The van der Waals surface area contributed by atoms with E-state index in [9.17, 15) is 4.79 Å². The SMILES string of the molecule is Cc1cccc(N2CC3[C@@H]2CN3c2ncc(C(=O)NO)cn2)c1. The molecule has 0 bridgehead atoms. The number of nitrogens with one attached hydrogen (secondary N) is 1. The fraction of sp³-hybridized carbons (Fsp3) is 0.312. The molecule has 7 nitrogen and oxygen atoms in total. The summed E-state index contributed by atoms with van der Waals surface area (Å²) in [7, 11) is 0. The minimum atomic E-state index is -0.604. The molecule has 1 aromatic carbocycles. The number of hydrogen-bond donors (Lipinski definition) is 2. The first-order valence-corrected chi connectivity index (χ1v) is 7.54. The fourth-order valence-electron chi connectivity index (χ4n) is 3.24. The van der Waals surface area contributed by atoms with E-state index in [1.807, 2.05) is 0 Å². The zero-order valence-corrected chi connectivity index (χ0v) is 12.7. The molecular weight excluding hydrogens is 294 g/mol. The maximum absolute atomic E-state index is 11.3. The number of hydroxylamine groups is 1. The Morgan fingerprint density at radius 3 is 2.52 bits per heavy atom. The maximum atomic E-state index is 11.3. The van der Waals surface area contributed by atoms with E-state index in [2.05, 4.69) is 51.0 Å². The number of anilines is 2. The number of rotatable bonds is 3. The molecule has 0 radical (unpaired) electrons. The lowest BCUT2D eigenvalue weighted by molar-refractivity contribution is 0.0705. The van der Waals surface area contributed by atoms with Gasteiger partial charge < -0.3 is 9.80 Å². The Labute approximate surface area is 133 Å². The van der Waals surface area contributed by atoms with Gasteiger partial charge in [0, 0.05) is 31.2 Å². The van der Waals surface area contributed by atoms with E-state index >= 15 is 0 Å². The molecule has 118 valence electrons. The van der Waals surface area contributed by atoms with Crippen LogP contribution in [0.1, 0.15) is 15.9 Å². The average molecular weight is 311 g/mol. The van der Waals surface area contributed by atoms with E-state index in [1.165, 1.54) is 23.6 Å². The lowest BCUT2D eigenvalue weighted by Crippen LogP contribution is -2.79. The molecule has 2 aromatic rings. The number of aromatic nitrogens is 2. The number of amides is 1. The Balaban J connectivity index is 1.43. The summed E-state index contributed by atoms with van der Waals surface area (Å²) in [6.45, 7) is 3.94. The second-order valence-electron chi connectivity index (χ2n) is 5.99. The summed E-state index contributed by atoms with van der Waals surface area (Å²) < 4.78 is 0. The molecule has 23 heavy (non-hydrogen) atoms. The number of carbonyl (C=O) groups is 1. The molecule has 2 N–H and O–H groups in total. The van der Waals surface area contributed by atoms with Gasteiger partial charge in [0.05, 0.1) is 17.6 Å². The van der Waals surface area contributed by atoms with Gasteiger partial charge in [0.15, 0.2) is 0 Å². The second-order valence-corrected chi connectivity index (χ2v) is 5.99. The smallest absolute Gasteiger partial charge is 0.277 e. The lowest BCUT2D eigenvalue weighted by Gasteiger charge is -2.62. The lowest BCUT2D eigenvalue weighted by atomic mass is 9.85. The monoisotopic (exact) mass is 311 g/mol. The molecular formula is C16H17N5O2. The van der Waals surface area contributed by atoms with E-state index < -0.39 is 5.91 Å². The molecule has 2 saturated heterocycles. The van der Waals surface area contributed by atoms with Gasteiger partial charge in [-0.1, -0.05) is 12.1 Å². The number of nitrogens with zero attached hydrogens (tertiary/aromatic N) is 4. The van der Waals surface area contributed by atoms with E-state index in [-0.39, 0.29) is 5.56 Å². The summed E-state index contributed by atoms with van der Waals surface area (Å²) in [6, 6.07) is 9.46. The predicted octanol–water partition coefficient (Wildman–Crippen LogP) is 0.981. The van der Waals surface area contributed by atoms with Crippen LogP contribution in [-0.2, 0) is 0 Å². The third kappa shape index (κ3) is 2.20. The summed E-state index contributed by atoms with van der Waals surface area (Å²) in [5.74, 6) is 0.0249. The van der Waals surface area contributed by atoms with Crippen LogP contribution in [0.2, 0.25) is 0 Å². The van der Waals surface area contributed by atoms with E-state index in [0.29, 0.717) is 18.0 Å². The van der Waals surface area contributed by atoms with Crippen LogP contribution in [0.3, 0.4) is 0 Å². The van der Waals surface area contributed by atoms with Crippen molar-refractivity contribution in [3.8, 4) is 0 Å². The van der Waals surface area contributed by atoms with Crippen molar-refractivity contribution >= 4 is 17.5 Å². The first kappa shape index (κ1) is 14.0. The van der Waals surface area contributed by atoms with Gasteiger partial charge in [-0.25, -0.2) is 15.4 Å². The summed E-state index contributed by atoms with van der Waals surface area (Å²) >= 11 is 0. The molecule has 0 spiro atoms. The Bertz CT molecular complexity index is 748. The number of aryl methyl sites for hydroxylation is 1. The van der Waals surface area contributed by atoms with Crippen molar-refractivity contribution in [1.29, 1.82) is 0 Å². The topological polar surface area (TPSA) is 81.6 Å². The summed E-state index contributed by atoms with van der Waals surface area (Å²) in [4.78, 5) is 24.3. The highest BCUT2D eigenvalue weighted by Gasteiger charge is 2.52. The highest BCUT2D eigenvalue weighted by Crippen LogP contribution is 2.38. The van der Waals surface area contributed by atoms with Gasteiger partial charge in [0.2, 0.25) is 5.95 Å². The van der Waals surface area contributed by atoms with Crippen molar-refractivity contribution in [3.05, 3.63) is 47.8 Å². The number of piperazine rings is 1. The van der Waals surface area contributed by atoms with Crippen LogP contribution in [-0.4, -0.2) is 46.3 Å². The predicted molar refractivity (Wildman–Crippen MR) is 84.7 cm³/mol. The Morgan fingerprint density at radius 1 is 1.22 bits per heavy atom. The number of carbonyl (C=O) groups excluding carboxylic acids is 1. The van der Waals surface area contributed by atoms with E-state index in [1.54, 1.807) is 5.48 Å². The van der Waals surface area contributed by atoms with Gasteiger partial charge in [-0.2, -0.15) is 0 Å². The van der Waals surface area contributed by atoms with Crippen LogP contribution in [0.25, 0.3) is 0 Å². The molecule has 1 amide bonds. The first-order chi connectivity index (χ1) is 11.2. The maximum Gasteiger partial charge on any atom is 0.277 e. The minimum absolute atomic E-state index is 0.239. The molecule has 2 atom stereocenters. The van der Waals surface area contributed by atoms with Crippen LogP contribution < -0.4 is 15.3 Å². The van der Waals surface area contributed by atoms with Crippen LogP contribution in [0, 0.1) is 6.92 Å². The quantitative estimate of drug-likeness (QED) is 0.650. The van der Waals surface area contributed by atoms with Crippen molar-refractivity contribution in [1.82, 2.24) is 15.4 Å². The zero-order chi connectivity index (χ0) is 16.0. The highest BCUT2D eigenvalue weighted by molar-refractivity contribution is 5.92. The molecule has 1 aromatic heterocycles. The molecule has 0 aliphatic carbocycles. The summed E-state index contributed by atoms with van der Waals surface area (Å²) in [6.07, 6.45) is 2.86. The van der Waals surface area contributed by atoms with Crippen LogP contribution in [0.15, 0.2) is 36.7 Å². The van der Waals surface area contributed by atoms with Crippen LogP contribution >= 0.6 is 0 Å². The van der Waals surface area contributed by atoms with Crippen LogP contribution in [0.4, 0.5) is 11.6 Å².